The summed E-state index contributed by atoms with van der Waals surface area (Å²) in [5, 5.41) is 58.5. The molecule has 0 spiro atoms. The average molecular weight is 483 g/mol. The molecule has 1 radical (unpaired) electrons. The zero-order chi connectivity index (χ0) is 23.2. The van der Waals surface area contributed by atoms with Crippen LogP contribution in [0.15, 0.2) is 36.4 Å². The van der Waals surface area contributed by atoms with Crippen molar-refractivity contribution in [1.82, 2.24) is 0 Å². The minimum Gasteiger partial charge on any atom is -0.478 e. The summed E-state index contributed by atoms with van der Waals surface area (Å²) in [4.78, 5) is 58.8. The Balaban J connectivity index is 0.000000562. The Bertz CT molecular complexity index is 843. The summed E-state index contributed by atoms with van der Waals surface area (Å²) in [7, 11) is 0. The van der Waals surface area contributed by atoms with Crippen molar-refractivity contribution in [3.63, 3.8) is 0 Å². The number of aromatic carboxylic acids is 2. The Kier molecular flexibility index (Phi) is 9.29. The normalized spacial score (nSPS) is 9.29. The first-order valence-corrected chi connectivity index (χ1v) is 7.17. The van der Waals surface area contributed by atoms with Gasteiger partial charge in [-0.05, 0) is 0 Å². The molecule has 0 amide bonds. The number of carbonyl (C=O) groups is 2. The molecule has 16 nitrogen and oxygen atoms in total. The second-order valence-corrected chi connectivity index (χ2v) is 5.11. The van der Waals surface area contributed by atoms with Crippen LogP contribution < -0.4 is 0 Å². The van der Waals surface area contributed by atoms with Crippen LogP contribution in [0.5, 0.6) is 0 Å². The Morgan fingerprint density at radius 3 is 0.871 bits per heavy atom. The molecule has 0 aliphatic heterocycles. The molecule has 17 heteroatoms. The third-order valence-electron chi connectivity index (χ3n) is 3.14. The number of hydrogen-bond donors (Lipinski definition) is 2. The van der Waals surface area contributed by atoms with Crippen molar-refractivity contribution in [2.75, 3.05) is 0 Å². The van der Waals surface area contributed by atoms with Crippen LogP contribution in [0.2, 0.25) is 0 Å². The van der Waals surface area contributed by atoms with Crippen LogP contribution in [0.1, 0.15) is 20.7 Å². The Hall–Kier alpha value is -4.51. The number of non-ortho nitro benzene ring substituents is 4. The first-order chi connectivity index (χ1) is 13.8. The monoisotopic (exact) mass is 483 g/mol. The van der Waals surface area contributed by atoms with Gasteiger partial charge >= 0.3 is 11.9 Å². The molecule has 0 saturated heterocycles. The number of benzene rings is 2. The number of carboxylic acid groups (broad SMARTS) is 2. The van der Waals surface area contributed by atoms with Gasteiger partial charge in [-0.1, -0.05) is 0 Å². The van der Waals surface area contributed by atoms with E-state index < -0.39 is 65.5 Å². The molecule has 0 saturated carbocycles. The Morgan fingerprint density at radius 1 is 0.548 bits per heavy atom. The molecule has 0 bridgehead atoms. The maximum absolute atomic E-state index is 10.5. The van der Waals surface area contributed by atoms with Gasteiger partial charge in [0.15, 0.2) is 0 Å². The van der Waals surface area contributed by atoms with Crippen molar-refractivity contribution in [2.24, 2.45) is 0 Å². The van der Waals surface area contributed by atoms with E-state index in [0.717, 1.165) is 24.3 Å². The summed E-state index contributed by atoms with van der Waals surface area (Å²) in [5.74, 6) is -2.91. The van der Waals surface area contributed by atoms with Crippen molar-refractivity contribution < 1.29 is 56.3 Å². The quantitative estimate of drug-likeness (QED) is 0.444. The minimum absolute atomic E-state index is 0. The fourth-order valence-corrected chi connectivity index (χ4v) is 1.86. The molecule has 0 atom stereocenters. The van der Waals surface area contributed by atoms with E-state index >= 15 is 0 Å². The van der Waals surface area contributed by atoms with Crippen molar-refractivity contribution in [1.29, 1.82) is 0 Å². The topological polar surface area (TPSA) is 247 Å². The van der Waals surface area contributed by atoms with Gasteiger partial charge in [0.1, 0.15) is 0 Å². The fourth-order valence-electron chi connectivity index (χ4n) is 1.86. The van der Waals surface area contributed by atoms with Crippen molar-refractivity contribution in [2.45, 2.75) is 0 Å². The summed E-state index contributed by atoms with van der Waals surface area (Å²) < 4.78 is 0. The van der Waals surface area contributed by atoms with Crippen LogP contribution in [0.3, 0.4) is 0 Å². The molecule has 0 heterocycles. The Morgan fingerprint density at radius 2 is 0.742 bits per heavy atom. The molecule has 31 heavy (non-hydrogen) atoms. The first kappa shape index (κ1) is 26.5. The summed E-state index contributed by atoms with van der Waals surface area (Å²) in [5.41, 5.74) is -3.47. The Labute approximate surface area is 179 Å². The van der Waals surface area contributed by atoms with E-state index in [4.69, 9.17) is 10.2 Å². The second kappa shape index (κ2) is 10.9. The van der Waals surface area contributed by atoms with E-state index in [9.17, 15) is 50.0 Å². The van der Waals surface area contributed by atoms with E-state index in [1.807, 2.05) is 0 Å². The zero-order valence-corrected chi connectivity index (χ0v) is 15.6. The molecule has 2 N–H and O–H groups in total. The third-order valence-corrected chi connectivity index (χ3v) is 3.14. The zero-order valence-electron chi connectivity index (χ0n) is 14.6. The first-order valence-electron chi connectivity index (χ1n) is 7.17. The molecular weight excluding hydrogens is 475 g/mol. The summed E-state index contributed by atoms with van der Waals surface area (Å²) in [6, 6.07) is 4.44. The van der Waals surface area contributed by atoms with E-state index in [2.05, 4.69) is 0 Å². The van der Waals surface area contributed by atoms with Crippen LogP contribution >= 0.6 is 0 Å². The molecule has 165 valence electrons. The van der Waals surface area contributed by atoms with Crippen molar-refractivity contribution in [3.05, 3.63) is 88.0 Å². The molecule has 0 fully saturated rings. The van der Waals surface area contributed by atoms with Gasteiger partial charge in [-0.15, -0.1) is 0 Å². The molecule has 2 aromatic rings. The van der Waals surface area contributed by atoms with Crippen molar-refractivity contribution in [3.8, 4) is 0 Å². The van der Waals surface area contributed by atoms with Gasteiger partial charge < -0.3 is 10.2 Å². The number of carboxylic acids is 2. The van der Waals surface area contributed by atoms with Crippen LogP contribution in [0.4, 0.5) is 22.7 Å². The predicted molar refractivity (Wildman–Crippen MR) is 93.4 cm³/mol. The molecule has 0 aliphatic carbocycles. The number of nitrogens with zero attached hydrogens (tertiary/aromatic N) is 4. The van der Waals surface area contributed by atoms with Crippen LogP contribution in [0.25, 0.3) is 0 Å². The summed E-state index contributed by atoms with van der Waals surface area (Å²) in [6.45, 7) is 0. The van der Waals surface area contributed by atoms with E-state index in [1.54, 1.807) is 0 Å². The maximum Gasteiger partial charge on any atom is 0.336 e. The smallest absolute Gasteiger partial charge is 0.336 e. The number of nitro benzene ring substituents is 4. The minimum atomic E-state index is -1.46. The fraction of sp³-hybridized carbons (Fsp3) is 0. The van der Waals surface area contributed by atoms with Gasteiger partial charge in [0.25, 0.3) is 22.7 Å². The van der Waals surface area contributed by atoms with E-state index in [-0.39, 0.29) is 16.8 Å². The summed E-state index contributed by atoms with van der Waals surface area (Å²) in [6.07, 6.45) is 0. The number of hydrogen-bond acceptors (Lipinski definition) is 10. The van der Waals surface area contributed by atoms with Gasteiger partial charge in [-0.2, -0.15) is 0 Å². The standard InChI is InChI=1S/2C7H4N2O6.Co/c2*10-7(11)4-1-5(8(12)13)3-6(2-4)9(14)15;/h2*1-3H,(H,10,11);. The summed E-state index contributed by atoms with van der Waals surface area (Å²) >= 11 is 0. The van der Waals surface area contributed by atoms with Crippen LogP contribution in [-0.2, 0) is 16.8 Å². The van der Waals surface area contributed by atoms with Gasteiger partial charge in [0.2, 0.25) is 0 Å². The molecule has 2 aromatic carbocycles. The van der Waals surface area contributed by atoms with Gasteiger partial charge in [-0.25, -0.2) is 9.59 Å². The molecule has 0 aliphatic rings. The van der Waals surface area contributed by atoms with Gasteiger partial charge in [-0.3, -0.25) is 40.5 Å². The van der Waals surface area contributed by atoms with Crippen molar-refractivity contribution >= 4 is 34.7 Å². The predicted octanol–water partition coefficient (Wildman–Crippen LogP) is 2.40. The largest absolute Gasteiger partial charge is 0.478 e. The SMILES string of the molecule is O=C(O)c1cc([N+](=O)[O-])cc([N+](=O)[O-])c1.O=C(O)c1cc([N+](=O)[O-])cc([N+](=O)[O-])c1.[Co]. The van der Waals surface area contributed by atoms with Crippen LogP contribution in [-0.4, -0.2) is 41.8 Å². The maximum atomic E-state index is 10.5. The number of rotatable bonds is 6. The van der Waals surface area contributed by atoms with Gasteiger partial charge in [0.05, 0.1) is 43.0 Å². The van der Waals surface area contributed by atoms with E-state index in [0.29, 0.717) is 12.1 Å². The molecule has 0 aromatic heterocycles. The van der Waals surface area contributed by atoms with Gasteiger partial charge in [0, 0.05) is 41.0 Å². The third kappa shape index (κ3) is 7.43. The average Bonchev–Trinajstić information content (AvgIpc) is 2.67. The molecule has 2 rings (SSSR count). The van der Waals surface area contributed by atoms with Crippen LogP contribution in [0, 0.1) is 40.5 Å². The number of nitro groups is 4. The molecule has 0 unspecified atom stereocenters. The second-order valence-electron chi connectivity index (χ2n) is 5.11. The molecular formula is C14H8CoN4O12. The van der Waals surface area contributed by atoms with E-state index in [1.165, 1.54) is 0 Å².